The summed E-state index contributed by atoms with van der Waals surface area (Å²) in [4.78, 5) is 16.6. The summed E-state index contributed by atoms with van der Waals surface area (Å²) >= 11 is 12.0. The predicted octanol–water partition coefficient (Wildman–Crippen LogP) is 3.92. The van der Waals surface area contributed by atoms with E-state index in [-0.39, 0.29) is 18.0 Å². The Morgan fingerprint density at radius 1 is 1.17 bits per heavy atom. The maximum atomic E-state index is 12.8. The summed E-state index contributed by atoms with van der Waals surface area (Å²) in [5.41, 5.74) is 0.166. The second-order valence-corrected chi connectivity index (χ2v) is 5.67. The van der Waals surface area contributed by atoms with Crippen LogP contribution in [0.5, 0.6) is 5.75 Å². The number of halogens is 3. The largest absolute Gasteiger partial charge is 0.492 e. The van der Waals surface area contributed by atoms with Crippen LogP contribution in [0.25, 0.3) is 10.9 Å². The Kier molecular flexibility index (Phi) is 4.50. The molecule has 1 heterocycles. The van der Waals surface area contributed by atoms with Crippen molar-refractivity contribution in [1.82, 2.24) is 9.55 Å². The highest BCUT2D eigenvalue weighted by Crippen LogP contribution is 2.23. The number of benzene rings is 2. The SMILES string of the molecule is O=c1c2cc(Cl)cc(Cl)c2ncn1CCOc1ccc(F)cc1. The van der Waals surface area contributed by atoms with Gasteiger partial charge in [-0.3, -0.25) is 9.36 Å². The van der Waals surface area contributed by atoms with Gasteiger partial charge in [0.05, 0.1) is 28.8 Å². The molecule has 0 saturated carbocycles. The van der Waals surface area contributed by atoms with Crippen LogP contribution in [0.1, 0.15) is 0 Å². The van der Waals surface area contributed by atoms with Gasteiger partial charge in [-0.1, -0.05) is 23.2 Å². The number of hydrogen-bond donors (Lipinski definition) is 0. The third-order valence-corrected chi connectivity index (χ3v) is 3.77. The molecule has 0 aliphatic rings. The molecule has 118 valence electrons. The van der Waals surface area contributed by atoms with E-state index in [0.717, 1.165) is 0 Å². The topological polar surface area (TPSA) is 44.1 Å². The number of aromatic nitrogens is 2. The molecule has 23 heavy (non-hydrogen) atoms. The van der Waals surface area contributed by atoms with E-state index in [0.29, 0.717) is 33.2 Å². The van der Waals surface area contributed by atoms with E-state index in [1.807, 2.05) is 0 Å². The van der Waals surface area contributed by atoms with E-state index in [1.54, 1.807) is 6.07 Å². The molecule has 4 nitrogen and oxygen atoms in total. The summed E-state index contributed by atoms with van der Waals surface area (Å²) in [6, 6.07) is 8.74. The monoisotopic (exact) mass is 352 g/mol. The number of hydrogen-bond acceptors (Lipinski definition) is 3. The van der Waals surface area contributed by atoms with Crippen molar-refractivity contribution in [3.05, 3.63) is 68.9 Å². The highest BCUT2D eigenvalue weighted by atomic mass is 35.5. The maximum Gasteiger partial charge on any atom is 0.261 e. The van der Waals surface area contributed by atoms with Crippen molar-refractivity contribution in [3.8, 4) is 5.75 Å². The molecular weight excluding hydrogens is 342 g/mol. The second-order valence-electron chi connectivity index (χ2n) is 4.83. The third-order valence-electron chi connectivity index (χ3n) is 3.26. The summed E-state index contributed by atoms with van der Waals surface area (Å²) in [5, 5.41) is 1.06. The standard InChI is InChI=1S/C16H11Cl2FN2O2/c17-10-7-13-15(14(18)8-10)20-9-21(16(13)22)5-6-23-12-3-1-11(19)2-4-12/h1-4,7-9H,5-6H2. The minimum atomic E-state index is -0.332. The van der Waals surface area contributed by atoms with Crippen LogP contribution in [0.4, 0.5) is 4.39 Å². The minimum Gasteiger partial charge on any atom is -0.492 e. The first-order valence-corrected chi connectivity index (χ1v) is 7.53. The van der Waals surface area contributed by atoms with Crippen LogP contribution in [-0.2, 0) is 6.54 Å². The molecule has 0 spiro atoms. The first-order chi connectivity index (χ1) is 11.0. The summed E-state index contributed by atoms with van der Waals surface area (Å²) in [5.74, 6) is 0.195. The fourth-order valence-electron chi connectivity index (χ4n) is 2.15. The molecule has 0 bridgehead atoms. The molecule has 0 radical (unpaired) electrons. The average Bonchev–Trinajstić information content (AvgIpc) is 2.52. The van der Waals surface area contributed by atoms with E-state index in [1.165, 1.54) is 41.2 Å². The predicted molar refractivity (Wildman–Crippen MR) is 87.9 cm³/mol. The van der Waals surface area contributed by atoms with Crippen LogP contribution < -0.4 is 10.3 Å². The first-order valence-electron chi connectivity index (χ1n) is 6.77. The van der Waals surface area contributed by atoms with Gasteiger partial charge in [0.1, 0.15) is 18.2 Å². The molecule has 0 atom stereocenters. The fourth-order valence-corrected chi connectivity index (χ4v) is 2.69. The number of nitrogens with zero attached hydrogens (tertiary/aromatic N) is 2. The molecule has 1 aromatic heterocycles. The molecule has 3 rings (SSSR count). The van der Waals surface area contributed by atoms with Crippen molar-refractivity contribution in [1.29, 1.82) is 0 Å². The number of fused-ring (bicyclic) bond motifs is 1. The van der Waals surface area contributed by atoms with Crippen LogP contribution in [0, 0.1) is 5.82 Å². The minimum absolute atomic E-state index is 0.243. The Morgan fingerprint density at radius 3 is 2.65 bits per heavy atom. The van der Waals surface area contributed by atoms with Gasteiger partial charge < -0.3 is 4.74 Å². The van der Waals surface area contributed by atoms with Crippen LogP contribution in [-0.4, -0.2) is 16.2 Å². The lowest BCUT2D eigenvalue weighted by atomic mass is 10.2. The van der Waals surface area contributed by atoms with Gasteiger partial charge in [-0.15, -0.1) is 0 Å². The first kappa shape index (κ1) is 15.8. The zero-order valence-electron chi connectivity index (χ0n) is 11.8. The van der Waals surface area contributed by atoms with E-state index < -0.39 is 0 Å². The summed E-state index contributed by atoms with van der Waals surface area (Å²) in [6.45, 7) is 0.538. The Labute approximate surface area is 141 Å². The highest BCUT2D eigenvalue weighted by molar-refractivity contribution is 6.38. The van der Waals surface area contributed by atoms with Gasteiger partial charge in [0, 0.05) is 5.02 Å². The van der Waals surface area contributed by atoms with Crippen molar-refractivity contribution in [2.45, 2.75) is 6.54 Å². The Bertz CT molecular complexity index is 910. The number of ether oxygens (including phenoxy) is 1. The summed E-state index contributed by atoms with van der Waals surface area (Å²) < 4.78 is 19.7. The van der Waals surface area contributed by atoms with E-state index in [2.05, 4.69) is 4.98 Å². The van der Waals surface area contributed by atoms with E-state index in [9.17, 15) is 9.18 Å². The lowest BCUT2D eigenvalue weighted by Crippen LogP contribution is -2.23. The summed E-state index contributed by atoms with van der Waals surface area (Å²) in [7, 11) is 0. The molecule has 0 N–H and O–H groups in total. The molecular formula is C16H11Cl2FN2O2. The van der Waals surface area contributed by atoms with Gasteiger partial charge in [-0.25, -0.2) is 9.37 Å². The molecule has 3 aromatic rings. The summed E-state index contributed by atoms with van der Waals surface area (Å²) in [6.07, 6.45) is 1.42. The van der Waals surface area contributed by atoms with Crippen LogP contribution in [0.2, 0.25) is 10.0 Å². The average molecular weight is 353 g/mol. The van der Waals surface area contributed by atoms with Crippen molar-refractivity contribution >= 4 is 34.1 Å². The van der Waals surface area contributed by atoms with Gasteiger partial charge in [-0.05, 0) is 36.4 Å². The van der Waals surface area contributed by atoms with Crippen molar-refractivity contribution < 1.29 is 9.13 Å². The van der Waals surface area contributed by atoms with Gasteiger partial charge in [-0.2, -0.15) is 0 Å². The normalized spacial score (nSPS) is 10.9. The molecule has 2 aromatic carbocycles. The third kappa shape index (κ3) is 3.46. The smallest absolute Gasteiger partial charge is 0.261 e. The second kappa shape index (κ2) is 6.56. The van der Waals surface area contributed by atoms with Crippen LogP contribution in [0.3, 0.4) is 0 Å². The Balaban J connectivity index is 1.79. The van der Waals surface area contributed by atoms with Gasteiger partial charge >= 0.3 is 0 Å². The zero-order valence-corrected chi connectivity index (χ0v) is 13.3. The molecule has 0 unspecified atom stereocenters. The van der Waals surface area contributed by atoms with Crippen LogP contribution in [0.15, 0.2) is 47.5 Å². The van der Waals surface area contributed by atoms with Crippen molar-refractivity contribution in [2.24, 2.45) is 0 Å². The lowest BCUT2D eigenvalue weighted by Gasteiger charge is -2.09. The molecule has 0 aliphatic heterocycles. The van der Waals surface area contributed by atoms with Crippen molar-refractivity contribution in [2.75, 3.05) is 6.61 Å². The molecule has 0 amide bonds. The van der Waals surface area contributed by atoms with Gasteiger partial charge in [0.2, 0.25) is 0 Å². The highest BCUT2D eigenvalue weighted by Gasteiger charge is 2.09. The lowest BCUT2D eigenvalue weighted by molar-refractivity contribution is 0.295. The molecule has 0 aliphatic carbocycles. The Hall–Kier alpha value is -2.11. The van der Waals surface area contributed by atoms with Gasteiger partial charge in [0.15, 0.2) is 0 Å². The molecule has 7 heteroatoms. The van der Waals surface area contributed by atoms with E-state index >= 15 is 0 Å². The molecule has 0 fully saturated rings. The fraction of sp³-hybridized carbons (Fsp3) is 0.125. The van der Waals surface area contributed by atoms with Gasteiger partial charge in [0.25, 0.3) is 5.56 Å². The van der Waals surface area contributed by atoms with E-state index in [4.69, 9.17) is 27.9 Å². The zero-order chi connectivity index (χ0) is 16.4. The maximum absolute atomic E-state index is 12.8. The quantitative estimate of drug-likeness (QED) is 0.714. The number of rotatable bonds is 4. The Morgan fingerprint density at radius 2 is 1.91 bits per heavy atom. The van der Waals surface area contributed by atoms with Crippen molar-refractivity contribution in [3.63, 3.8) is 0 Å². The molecule has 0 saturated heterocycles. The van der Waals surface area contributed by atoms with Crippen LogP contribution >= 0.6 is 23.2 Å².